The Kier molecular flexibility index (Phi) is 2.93. The largest absolute Gasteiger partial charge is 0.466 e. The average molecular weight is 198 g/mol. The van der Waals surface area contributed by atoms with Crippen LogP contribution in [-0.4, -0.2) is 12.6 Å². The van der Waals surface area contributed by atoms with Crippen LogP contribution in [0.4, 0.5) is 0 Å². The molecule has 14 heavy (non-hydrogen) atoms. The Morgan fingerprint density at radius 2 is 1.93 bits per heavy atom. The van der Waals surface area contributed by atoms with Crippen molar-refractivity contribution >= 4 is 5.97 Å². The first-order valence-electron chi connectivity index (χ1n) is 5.53. The van der Waals surface area contributed by atoms with E-state index in [1.807, 2.05) is 6.92 Å². The molecule has 0 saturated heterocycles. The van der Waals surface area contributed by atoms with Crippen LogP contribution in [0.5, 0.6) is 0 Å². The van der Waals surface area contributed by atoms with E-state index in [1.54, 1.807) is 0 Å². The topological polar surface area (TPSA) is 26.3 Å². The fourth-order valence-corrected chi connectivity index (χ4v) is 2.46. The van der Waals surface area contributed by atoms with Crippen molar-refractivity contribution in [2.75, 3.05) is 6.61 Å². The SMILES string of the molecule is CCOC(=O)C1(CC(C)C)CC1(C)C. The zero-order chi connectivity index (χ0) is 11.0. The zero-order valence-corrected chi connectivity index (χ0v) is 10.0. The molecule has 0 radical (unpaired) electrons. The number of rotatable bonds is 4. The van der Waals surface area contributed by atoms with Gasteiger partial charge in [-0.25, -0.2) is 0 Å². The fourth-order valence-electron chi connectivity index (χ4n) is 2.46. The zero-order valence-electron chi connectivity index (χ0n) is 10.0. The predicted molar refractivity (Wildman–Crippen MR) is 56.9 cm³/mol. The lowest BCUT2D eigenvalue weighted by atomic mass is 9.87. The summed E-state index contributed by atoms with van der Waals surface area (Å²) in [5, 5.41) is 0. The van der Waals surface area contributed by atoms with E-state index in [2.05, 4.69) is 27.7 Å². The molecule has 0 N–H and O–H groups in total. The highest BCUT2D eigenvalue weighted by Gasteiger charge is 2.66. The smallest absolute Gasteiger partial charge is 0.312 e. The van der Waals surface area contributed by atoms with Gasteiger partial charge in [0.1, 0.15) is 0 Å². The summed E-state index contributed by atoms with van der Waals surface area (Å²) < 4.78 is 5.17. The molecule has 0 amide bonds. The molecule has 0 spiro atoms. The van der Waals surface area contributed by atoms with E-state index < -0.39 is 0 Å². The van der Waals surface area contributed by atoms with E-state index in [1.165, 1.54) is 0 Å². The van der Waals surface area contributed by atoms with Crippen LogP contribution in [0.15, 0.2) is 0 Å². The molecule has 0 aliphatic heterocycles. The average Bonchev–Trinajstić information content (AvgIpc) is 2.53. The number of hydrogen-bond acceptors (Lipinski definition) is 2. The first kappa shape index (κ1) is 11.5. The van der Waals surface area contributed by atoms with E-state index in [0.717, 1.165) is 12.8 Å². The first-order valence-corrected chi connectivity index (χ1v) is 5.53. The summed E-state index contributed by atoms with van der Waals surface area (Å²) in [6, 6.07) is 0. The second-order valence-corrected chi connectivity index (χ2v) is 5.46. The molecule has 1 rings (SSSR count). The summed E-state index contributed by atoms with van der Waals surface area (Å²) in [7, 11) is 0. The number of hydrogen-bond donors (Lipinski definition) is 0. The maximum Gasteiger partial charge on any atom is 0.312 e. The summed E-state index contributed by atoms with van der Waals surface area (Å²) in [5.74, 6) is 0.569. The van der Waals surface area contributed by atoms with Crippen molar-refractivity contribution in [1.82, 2.24) is 0 Å². The van der Waals surface area contributed by atoms with Gasteiger partial charge in [0.15, 0.2) is 0 Å². The van der Waals surface area contributed by atoms with Crippen LogP contribution in [0, 0.1) is 16.7 Å². The van der Waals surface area contributed by atoms with Gasteiger partial charge in [-0.15, -0.1) is 0 Å². The molecule has 82 valence electrons. The highest BCUT2D eigenvalue weighted by molar-refractivity contribution is 5.81. The lowest BCUT2D eigenvalue weighted by molar-refractivity contribution is -0.152. The predicted octanol–water partition coefficient (Wildman–Crippen LogP) is 3.01. The molecule has 1 unspecified atom stereocenters. The van der Waals surface area contributed by atoms with Crippen molar-refractivity contribution in [3.8, 4) is 0 Å². The van der Waals surface area contributed by atoms with Gasteiger partial charge in [-0.1, -0.05) is 27.7 Å². The van der Waals surface area contributed by atoms with Crippen LogP contribution in [0.3, 0.4) is 0 Å². The number of ether oxygens (including phenoxy) is 1. The van der Waals surface area contributed by atoms with Crippen molar-refractivity contribution < 1.29 is 9.53 Å². The van der Waals surface area contributed by atoms with Gasteiger partial charge in [0.25, 0.3) is 0 Å². The molecule has 1 aliphatic rings. The maximum absolute atomic E-state index is 11.9. The van der Waals surface area contributed by atoms with Crippen LogP contribution in [0.25, 0.3) is 0 Å². The number of esters is 1. The summed E-state index contributed by atoms with van der Waals surface area (Å²) in [6.07, 6.45) is 1.94. The van der Waals surface area contributed by atoms with Crippen LogP contribution in [0.1, 0.15) is 47.5 Å². The summed E-state index contributed by atoms with van der Waals surface area (Å²) in [4.78, 5) is 11.9. The van der Waals surface area contributed by atoms with Crippen molar-refractivity contribution in [3.05, 3.63) is 0 Å². The van der Waals surface area contributed by atoms with Crippen molar-refractivity contribution in [2.24, 2.45) is 16.7 Å². The van der Waals surface area contributed by atoms with E-state index in [4.69, 9.17) is 4.74 Å². The lowest BCUT2D eigenvalue weighted by Crippen LogP contribution is -2.25. The van der Waals surface area contributed by atoms with Crippen molar-refractivity contribution in [2.45, 2.75) is 47.5 Å². The third-order valence-corrected chi connectivity index (χ3v) is 3.34. The molecule has 1 aliphatic carbocycles. The second kappa shape index (κ2) is 3.56. The minimum absolute atomic E-state index is 0.0127. The Balaban J connectivity index is 2.71. The van der Waals surface area contributed by atoms with Gasteiger partial charge in [0.2, 0.25) is 0 Å². The maximum atomic E-state index is 11.9. The fraction of sp³-hybridized carbons (Fsp3) is 0.917. The van der Waals surface area contributed by atoms with Crippen molar-refractivity contribution in [1.29, 1.82) is 0 Å². The van der Waals surface area contributed by atoms with Crippen molar-refractivity contribution in [3.63, 3.8) is 0 Å². The number of carbonyl (C=O) groups is 1. The Morgan fingerprint density at radius 3 is 2.21 bits per heavy atom. The third kappa shape index (κ3) is 1.79. The highest BCUT2D eigenvalue weighted by Crippen LogP contribution is 2.67. The van der Waals surface area contributed by atoms with Gasteiger partial charge in [-0.3, -0.25) is 4.79 Å². The summed E-state index contributed by atoms with van der Waals surface area (Å²) in [6.45, 7) is 11.0. The van der Waals surface area contributed by atoms with Gasteiger partial charge in [-0.2, -0.15) is 0 Å². The van der Waals surface area contributed by atoms with Gasteiger partial charge in [0.05, 0.1) is 12.0 Å². The molecule has 2 nitrogen and oxygen atoms in total. The molecule has 1 saturated carbocycles. The van der Waals surface area contributed by atoms with E-state index >= 15 is 0 Å². The first-order chi connectivity index (χ1) is 6.35. The Hall–Kier alpha value is -0.530. The Morgan fingerprint density at radius 1 is 1.43 bits per heavy atom. The molecule has 0 aromatic rings. The monoisotopic (exact) mass is 198 g/mol. The third-order valence-electron chi connectivity index (χ3n) is 3.34. The number of carbonyl (C=O) groups excluding carboxylic acids is 1. The molecule has 0 aromatic carbocycles. The second-order valence-electron chi connectivity index (χ2n) is 5.46. The van der Waals surface area contributed by atoms with Gasteiger partial charge in [0, 0.05) is 0 Å². The van der Waals surface area contributed by atoms with Gasteiger partial charge < -0.3 is 4.74 Å². The Bertz CT molecular complexity index is 230. The normalized spacial score (nSPS) is 29.0. The summed E-state index contributed by atoms with van der Waals surface area (Å²) >= 11 is 0. The van der Waals surface area contributed by atoms with Gasteiger partial charge >= 0.3 is 5.97 Å². The van der Waals surface area contributed by atoms with E-state index in [0.29, 0.717) is 12.5 Å². The minimum Gasteiger partial charge on any atom is -0.466 e. The molecule has 0 heterocycles. The van der Waals surface area contributed by atoms with Crippen LogP contribution >= 0.6 is 0 Å². The standard InChI is InChI=1S/C12H22O2/c1-6-14-10(13)12(7-9(2)3)8-11(12,4)5/h9H,6-8H2,1-5H3. The molecular formula is C12H22O2. The molecule has 0 aromatic heterocycles. The molecule has 2 heteroatoms. The van der Waals surface area contributed by atoms with Crippen LogP contribution in [0.2, 0.25) is 0 Å². The Labute approximate surface area is 87.0 Å². The molecule has 1 fully saturated rings. The molecule has 0 bridgehead atoms. The minimum atomic E-state index is -0.183. The van der Waals surface area contributed by atoms with Crippen LogP contribution < -0.4 is 0 Å². The highest BCUT2D eigenvalue weighted by atomic mass is 16.5. The van der Waals surface area contributed by atoms with Crippen LogP contribution in [-0.2, 0) is 9.53 Å². The quantitative estimate of drug-likeness (QED) is 0.649. The molecule has 1 atom stereocenters. The van der Waals surface area contributed by atoms with E-state index in [-0.39, 0.29) is 16.8 Å². The molecular weight excluding hydrogens is 176 g/mol. The van der Waals surface area contributed by atoms with E-state index in [9.17, 15) is 4.79 Å². The summed E-state index contributed by atoms with van der Waals surface area (Å²) in [5.41, 5.74) is -0.0410. The lowest BCUT2D eigenvalue weighted by Gasteiger charge is -2.20. The van der Waals surface area contributed by atoms with Gasteiger partial charge in [-0.05, 0) is 31.1 Å².